The molecule has 1 rings (SSSR count). The summed E-state index contributed by atoms with van der Waals surface area (Å²) >= 11 is 0. The van der Waals surface area contributed by atoms with Crippen molar-refractivity contribution in [1.29, 1.82) is 0 Å². The Morgan fingerprint density at radius 2 is 1.38 bits per heavy atom. The molecule has 0 aromatic heterocycles. The molecular formula is C14H31FeN3O5P. The average molecular weight is 408 g/mol. The quantitative estimate of drug-likeness (QED) is 0.295. The molecule has 0 bridgehead atoms. The van der Waals surface area contributed by atoms with Gasteiger partial charge < -0.3 is 36.9 Å². The van der Waals surface area contributed by atoms with E-state index >= 15 is 0 Å². The Hall–Kier alpha value is 0.469. The number of β-amino-alcohol motifs (C(OH)–C–C–N with tert-alkyl or cyclic N) is 1. The molecule has 24 heavy (non-hydrogen) atoms. The molecule has 1 aliphatic rings. The van der Waals surface area contributed by atoms with Gasteiger partial charge in [0.1, 0.15) is 7.60 Å². The fraction of sp³-hybridized carbons (Fsp3) is 0.929. The van der Waals surface area contributed by atoms with Gasteiger partial charge in [0, 0.05) is 45.8 Å². The number of aliphatic hydroxyl groups excluding tert-OH is 1. The van der Waals surface area contributed by atoms with Gasteiger partial charge in [0.15, 0.2) is 0 Å². The molecule has 1 heterocycles. The number of hydrogen-bond donors (Lipinski definition) is 2. The Bertz CT molecular complexity index is 348. The zero-order valence-corrected chi connectivity index (χ0v) is 16.8. The van der Waals surface area contributed by atoms with E-state index in [4.69, 9.17) is 4.89 Å². The normalized spacial score (nSPS) is 23.6. The largest absolute Gasteiger partial charge is 3.00 e. The fourth-order valence-electron chi connectivity index (χ4n) is 2.68. The Balaban J connectivity index is 0. The monoisotopic (exact) mass is 408 g/mol. The zero-order chi connectivity index (χ0) is 16.8. The zero-order valence-electron chi connectivity index (χ0n) is 14.8. The average Bonchev–Trinajstić information content (AvgIpc) is 2.41. The van der Waals surface area contributed by atoms with Crippen molar-refractivity contribution < 1.29 is 41.6 Å². The van der Waals surface area contributed by atoms with Gasteiger partial charge in [-0.3, -0.25) is 9.80 Å². The summed E-state index contributed by atoms with van der Waals surface area (Å²) in [7, 11) is -4.35. The summed E-state index contributed by atoms with van der Waals surface area (Å²) < 4.78 is 11.1. The van der Waals surface area contributed by atoms with Gasteiger partial charge in [-0.25, -0.2) is 0 Å². The molecule has 0 spiro atoms. The molecule has 2 N–H and O–H groups in total. The van der Waals surface area contributed by atoms with Gasteiger partial charge in [-0.05, 0) is 13.5 Å². The standard InChI is InChI=1S/C13H29N3O5P.CH3.Fe/c1-12(17)9-14-3-4-15(10-13(2)18)6-8-16(7-5-14)11-22(19,20)21;;/h12-13,17H,3-11H2,1-2H3,(H2,19,20,21);1H3;/q2*-1;+3/p-1/t12-,13-;;/m0../s1. The van der Waals surface area contributed by atoms with Gasteiger partial charge in [-0.15, -0.1) is 6.10 Å². The van der Waals surface area contributed by atoms with Crippen molar-refractivity contribution in [2.45, 2.75) is 26.1 Å². The fourth-order valence-corrected chi connectivity index (χ4v) is 3.47. The minimum atomic E-state index is -4.35. The van der Waals surface area contributed by atoms with E-state index in [0.717, 1.165) is 6.54 Å². The molecule has 0 aromatic rings. The molecule has 1 saturated heterocycles. The molecular weight excluding hydrogens is 377 g/mol. The van der Waals surface area contributed by atoms with E-state index < -0.39 is 19.8 Å². The molecule has 0 saturated carbocycles. The molecule has 1 radical (unpaired) electrons. The van der Waals surface area contributed by atoms with Crippen molar-refractivity contribution in [3.63, 3.8) is 0 Å². The van der Waals surface area contributed by atoms with E-state index in [0.29, 0.717) is 45.8 Å². The van der Waals surface area contributed by atoms with Crippen LogP contribution in [0.1, 0.15) is 13.8 Å². The maximum Gasteiger partial charge on any atom is 3.00 e. The first-order valence-electron chi connectivity index (χ1n) is 7.69. The Labute approximate surface area is 156 Å². The number of rotatable bonds is 6. The minimum Gasteiger partial charge on any atom is -0.851 e. The maximum absolute atomic E-state index is 11.4. The third kappa shape index (κ3) is 12.8. The molecule has 8 nitrogen and oxygen atoms in total. The molecule has 0 aromatic carbocycles. The van der Waals surface area contributed by atoms with Crippen LogP contribution in [0.2, 0.25) is 0 Å². The van der Waals surface area contributed by atoms with E-state index in [-0.39, 0.29) is 30.8 Å². The van der Waals surface area contributed by atoms with Crippen molar-refractivity contribution in [2.75, 3.05) is 58.6 Å². The van der Waals surface area contributed by atoms with Crippen LogP contribution in [0.4, 0.5) is 0 Å². The summed E-state index contributed by atoms with van der Waals surface area (Å²) in [5.74, 6) is 0. The van der Waals surface area contributed by atoms with E-state index in [1.807, 2.05) is 4.90 Å². The summed E-state index contributed by atoms with van der Waals surface area (Å²) in [6.45, 7) is 7.86. The molecule has 1 fully saturated rings. The van der Waals surface area contributed by atoms with Crippen molar-refractivity contribution in [3.8, 4) is 0 Å². The van der Waals surface area contributed by atoms with Crippen LogP contribution in [0, 0.1) is 7.43 Å². The van der Waals surface area contributed by atoms with Gasteiger partial charge in [-0.1, -0.05) is 6.92 Å². The van der Waals surface area contributed by atoms with Crippen molar-refractivity contribution in [1.82, 2.24) is 14.7 Å². The second kappa shape index (κ2) is 12.8. The van der Waals surface area contributed by atoms with Crippen LogP contribution in [0.5, 0.6) is 0 Å². The molecule has 10 heteroatoms. The second-order valence-electron chi connectivity index (χ2n) is 6.16. The molecule has 0 amide bonds. The molecule has 1 aliphatic heterocycles. The van der Waals surface area contributed by atoms with Gasteiger partial charge in [0.2, 0.25) is 0 Å². The predicted molar refractivity (Wildman–Crippen MR) is 86.7 cm³/mol. The summed E-state index contributed by atoms with van der Waals surface area (Å²) in [5, 5.41) is 21.0. The molecule has 3 atom stereocenters. The summed E-state index contributed by atoms with van der Waals surface area (Å²) in [6.07, 6.45) is -1.55. The number of nitrogens with zero attached hydrogens (tertiary/aromatic N) is 3. The van der Waals surface area contributed by atoms with Crippen LogP contribution in [0.25, 0.3) is 0 Å². The molecule has 145 valence electrons. The van der Waals surface area contributed by atoms with Crippen molar-refractivity contribution in [2.24, 2.45) is 0 Å². The third-order valence-electron chi connectivity index (χ3n) is 3.61. The van der Waals surface area contributed by atoms with E-state index in [2.05, 4.69) is 4.90 Å². The summed E-state index contributed by atoms with van der Waals surface area (Å²) in [6, 6.07) is 0. The molecule has 1 unspecified atom stereocenters. The van der Waals surface area contributed by atoms with Crippen molar-refractivity contribution in [3.05, 3.63) is 7.43 Å². The van der Waals surface area contributed by atoms with Crippen LogP contribution >= 0.6 is 7.60 Å². The number of hydrogen-bond acceptors (Lipinski definition) is 7. The van der Waals surface area contributed by atoms with Crippen molar-refractivity contribution >= 4 is 7.60 Å². The van der Waals surface area contributed by atoms with Gasteiger partial charge >= 0.3 is 17.1 Å². The topological polar surface area (TPSA) is 113 Å². The van der Waals surface area contributed by atoms with E-state index in [9.17, 15) is 19.7 Å². The van der Waals surface area contributed by atoms with Crippen LogP contribution in [-0.4, -0.2) is 95.6 Å². The van der Waals surface area contributed by atoms with E-state index in [1.165, 1.54) is 0 Å². The van der Waals surface area contributed by atoms with Crippen LogP contribution in [-0.2, 0) is 21.6 Å². The van der Waals surface area contributed by atoms with Crippen LogP contribution in [0.3, 0.4) is 0 Å². The second-order valence-corrected chi connectivity index (χ2v) is 7.72. The Kier molecular flexibility index (Phi) is 14.2. The Morgan fingerprint density at radius 3 is 1.71 bits per heavy atom. The van der Waals surface area contributed by atoms with E-state index in [1.54, 1.807) is 18.7 Å². The summed E-state index contributed by atoms with van der Waals surface area (Å²) in [5.41, 5.74) is 0. The first-order chi connectivity index (χ1) is 10.2. The van der Waals surface area contributed by atoms with Gasteiger partial charge in [-0.2, -0.15) is 0 Å². The minimum absolute atomic E-state index is 0. The first kappa shape index (κ1) is 26.7. The first-order valence-corrected chi connectivity index (χ1v) is 9.46. The molecule has 0 aliphatic carbocycles. The Morgan fingerprint density at radius 1 is 1.00 bits per heavy atom. The number of aliphatic hydroxyl groups is 1. The van der Waals surface area contributed by atoms with Gasteiger partial charge in [0.05, 0.1) is 12.4 Å². The van der Waals surface area contributed by atoms with Gasteiger partial charge in [0.25, 0.3) is 0 Å². The SMILES string of the molecule is C[C@H]([O-])CN1CCN(C[C@H](C)O)CCN(CP(=O)([O-])O)CC1.[CH3-].[Fe+3]. The third-order valence-corrected chi connectivity index (χ3v) is 4.37. The van der Waals surface area contributed by atoms with Crippen LogP contribution < -0.4 is 10.00 Å². The smallest absolute Gasteiger partial charge is 0.851 e. The summed E-state index contributed by atoms with van der Waals surface area (Å²) in [4.78, 5) is 25.9. The predicted octanol–water partition coefficient (Wildman–Crippen LogP) is -2.01. The maximum atomic E-state index is 11.4. The van der Waals surface area contributed by atoms with Crippen LogP contribution in [0.15, 0.2) is 0 Å².